The van der Waals surface area contributed by atoms with E-state index in [4.69, 9.17) is 16.3 Å². The fourth-order valence-electron chi connectivity index (χ4n) is 3.95. The van der Waals surface area contributed by atoms with Crippen molar-refractivity contribution in [3.63, 3.8) is 0 Å². The first-order chi connectivity index (χ1) is 16.0. The Bertz CT molecular complexity index is 1210. The quantitative estimate of drug-likeness (QED) is 0.562. The summed E-state index contributed by atoms with van der Waals surface area (Å²) >= 11 is 6.47. The van der Waals surface area contributed by atoms with Crippen molar-refractivity contribution in [3.05, 3.63) is 88.9 Å². The van der Waals surface area contributed by atoms with Gasteiger partial charge in [-0.1, -0.05) is 48.0 Å². The van der Waals surface area contributed by atoms with Crippen LogP contribution in [0.3, 0.4) is 0 Å². The Morgan fingerprint density at radius 3 is 2.52 bits per heavy atom. The zero-order valence-corrected chi connectivity index (χ0v) is 18.8. The minimum atomic E-state index is -0.506. The van der Waals surface area contributed by atoms with Crippen LogP contribution in [0.1, 0.15) is 23.5 Å². The SMILES string of the molecule is COc1ccc(N2CC(C(=O)Nc3ccc(C(C#N)c4ccccc4)c(Cl)c3)CC2=O)cc1. The number of carbonyl (C=O) groups excluding carboxylic acids is 2. The van der Waals surface area contributed by atoms with E-state index in [2.05, 4.69) is 11.4 Å². The van der Waals surface area contributed by atoms with E-state index in [-0.39, 0.29) is 18.2 Å². The Balaban J connectivity index is 1.45. The van der Waals surface area contributed by atoms with E-state index < -0.39 is 11.8 Å². The zero-order valence-electron chi connectivity index (χ0n) is 18.0. The molecule has 0 aliphatic carbocycles. The predicted molar refractivity (Wildman–Crippen MR) is 127 cm³/mol. The number of nitriles is 1. The van der Waals surface area contributed by atoms with Gasteiger partial charge in [-0.05, 0) is 47.5 Å². The van der Waals surface area contributed by atoms with Crippen molar-refractivity contribution in [2.75, 3.05) is 23.9 Å². The molecule has 1 N–H and O–H groups in total. The number of ether oxygens (including phenoxy) is 1. The maximum Gasteiger partial charge on any atom is 0.229 e. The van der Waals surface area contributed by atoms with Crippen LogP contribution < -0.4 is 15.0 Å². The molecule has 2 atom stereocenters. The number of nitrogens with one attached hydrogen (secondary N) is 1. The van der Waals surface area contributed by atoms with Gasteiger partial charge in [0.05, 0.1) is 25.0 Å². The van der Waals surface area contributed by atoms with Crippen LogP contribution in [-0.4, -0.2) is 25.5 Å². The lowest BCUT2D eigenvalue weighted by atomic mass is 9.92. The second kappa shape index (κ2) is 9.76. The van der Waals surface area contributed by atoms with Crippen molar-refractivity contribution in [1.82, 2.24) is 0 Å². The third-order valence-corrected chi connectivity index (χ3v) is 6.05. The molecule has 0 saturated carbocycles. The largest absolute Gasteiger partial charge is 0.497 e. The summed E-state index contributed by atoms with van der Waals surface area (Å²) in [5, 5.41) is 12.9. The Morgan fingerprint density at radius 2 is 1.88 bits per heavy atom. The number of nitrogens with zero attached hydrogens (tertiary/aromatic N) is 2. The van der Waals surface area contributed by atoms with E-state index in [0.717, 1.165) is 11.3 Å². The molecule has 2 amide bonds. The number of methoxy groups -OCH3 is 1. The van der Waals surface area contributed by atoms with E-state index >= 15 is 0 Å². The van der Waals surface area contributed by atoms with Gasteiger partial charge in [-0.15, -0.1) is 0 Å². The first kappa shape index (κ1) is 22.4. The fourth-order valence-corrected chi connectivity index (χ4v) is 4.24. The van der Waals surface area contributed by atoms with Gasteiger partial charge in [-0.2, -0.15) is 5.26 Å². The monoisotopic (exact) mass is 459 g/mol. The van der Waals surface area contributed by atoms with Crippen LogP contribution in [0.2, 0.25) is 5.02 Å². The molecular weight excluding hydrogens is 438 g/mol. The molecule has 1 heterocycles. The maximum atomic E-state index is 12.8. The van der Waals surface area contributed by atoms with Gasteiger partial charge in [0, 0.05) is 29.4 Å². The third-order valence-electron chi connectivity index (χ3n) is 5.72. The summed E-state index contributed by atoms with van der Waals surface area (Å²) in [5.74, 6) is -0.634. The van der Waals surface area contributed by atoms with E-state index in [9.17, 15) is 14.9 Å². The summed E-state index contributed by atoms with van der Waals surface area (Å²) in [7, 11) is 1.58. The number of carbonyl (C=O) groups is 2. The number of rotatable bonds is 6. The molecule has 3 aromatic rings. The smallest absolute Gasteiger partial charge is 0.229 e. The summed E-state index contributed by atoms with van der Waals surface area (Å²) in [4.78, 5) is 26.9. The number of hydrogen-bond acceptors (Lipinski definition) is 4. The third kappa shape index (κ3) is 4.84. The molecule has 7 heteroatoms. The summed E-state index contributed by atoms with van der Waals surface area (Å²) in [6, 6.07) is 24.0. The van der Waals surface area contributed by atoms with Crippen molar-refractivity contribution < 1.29 is 14.3 Å². The lowest BCUT2D eigenvalue weighted by Gasteiger charge is -2.17. The molecule has 33 heavy (non-hydrogen) atoms. The minimum absolute atomic E-state index is 0.103. The number of amides is 2. The van der Waals surface area contributed by atoms with Gasteiger partial charge in [0.2, 0.25) is 11.8 Å². The summed E-state index contributed by atoms with van der Waals surface area (Å²) in [6.07, 6.45) is 0.133. The molecule has 1 aliphatic heterocycles. The summed E-state index contributed by atoms with van der Waals surface area (Å²) in [5.41, 5.74) is 2.77. The molecule has 0 aromatic heterocycles. The van der Waals surface area contributed by atoms with Gasteiger partial charge in [0.1, 0.15) is 5.75 Å². The van der Waals surface area contributed by atoms with Gasteiger partial charge in [0.15, 0.2) is 0 Å². The molecule has 3 aromatic carbocycles. The second-order valence-electron chi connectivity index (χ2n) is 7.80. The van der Waals surface area contributed by atoms with E-state index in [0.29, 0.717) is 28.6 Å². The van der Waals surface area contributed by atoms with Gasteiger partial charge in [-0.25, -0.2) is 0 Å². The first-order valence-electron chi connectivity index (χ1n) is 10.5. The molecule has 166 valence electrons. The molecule has 1 aliphatic rings. The molecule has 2 unspecified atom stereocenters. The topological polar surface area (TPSA) is 82.4 Å². The predicted octanol–water partition coefficient (Wildman–Crippen LogP) is 5.00. The number of hydrogen-bond donors (Lipinski definition) is 1. The molecule has 6 nitrogen and oxygen atoms in total. The highest BCUT2D eigenvalue weighted by Crippen LogP contribution is 2.32. The van der Waals surface area contributed by atoms with Crippen molar-refractivity contribution in [3.8, 4) is 11.8 Å². The van der Waals surface area contributed by atoms with Crippen molar-refractivity contribution in [2.24, 2.45) is 5.92 Å². The molecular formula is C26H22ClN3O3. The Labute approximate surface area is 197 Å². The molecule has 1 saturated heterocycles. The zero-order chi connectivity index (χ0) is 23.4. The number of anilines is 2. The summed E-state index contributed by atoms with van der Waals surface area (Å²) in [6.45, 7) is 0.299. The van der Waals surface area contributed by atoms with Crippen molar-refractivity contribution >= 4 is 34.8 Å². The molecule has 4 rings (SSSR count). The van der Waals surface area contributed by atoms with Crippen LogP contribution in [0, 0.1) is 17.2 Å². The van der Waals surface area contributed by atoms with Crippen molar-refractivity contribution in [1.29, 1.82) is 5.26 Å². The Hall–Kier alpha value is -3.82. The van der Waals surface area contributed by atoms with Crippen LogP contribution >= 0.6 is 11.6 Å². The first-order valence-corrected chi connectivity index (χ1v) is 10.9. The lowest BCUT2D eigenvalue weighted by molar-refractivity contribution is -0.122. The fraction of sp³-hybridized carbons (Fsp3) is 0.192. The molecule has 0 radical (unpaired) electrons. The van der Waals surface area contributed by atoms with Crippen molar-refractivity contribution in [2.45, 2.75) is 12.3 Å². The van der Waals surface area contributed by atoms with Crippen LogP contribution in [0.5, 0.6) is 5.75 Å². The van der Waals surface area contributed by atoms with Gasteiger partial charge < -0.3 is 15.0 Å². The van der Waals surface area contributed by atoms with Crippen LogP contribution in [0.4, 0.5) is 11.4 Å². The highest BCUT2D eigenvalue weighted by atomic mass is 35.5. The van der Waals surface area contributed by atoms with Gasteiger partial charge in [0.25, 0.3) is 0 Å². The molecule has 1 fully saturated rings. The second-order valence-corrected chi connectivity index (χ2v) is 8.21. The highest BCUT2D eigenvalue weighted by Gasteiger charge is 2.35. The lowest BCUT2D eigenvalue weighted by Crippen LogP contribution is -2.28. The van der Waals surface area contributed by atoms with Gasteiger partial charge >= 0.3 is 0 Å². The Morgan fingerprint density at radius 1 is 1.15 bits per heavy atom. The molecule has 0 bridgehead atoms. The Kier molecular flexibility index (Phi) is 6.62. The standard InChI is InChI=1S/C26H22ClN3O3/c1-33-21-10-8-20(9-11-21)30-16-18(13-25(30)31)26(32)29-19-7-12-22(24(27)14-19)23(15-28)17-5-3-2-4-6-17/h2-12,14,18,23H,13,16H2,1H3,(H,29,32). The van der Waals surface area contributed by atoms with E-state index in [1.807, 2.05) is 30.3 Å². The minimum Gasteiger partial charge on any atom is -0.497 e. The van der Waals surface area contributed by atoms with Gasteiger partial charge in [-0.3, -0.25) is 9.59 Å². The average molecular weight is 460 g/mol. The summed E-state index contributed by atoms with van der Waals surface area (Å²) < 4.78 is 5.15. The normalized spacial score (nSPS) is 16.2. The van der Waals surface area contributed by atoms with E-state index in [1.165, 1.54) is 0 Å². The maximum absolute atomic E-state index is 12.8. The average Bonchev–Trinajstić information content (AvgIpc) is 3.23. The van der Waals surface area contributed by atoms with Crippen LogP contribution in [-0.2, 0) is 9.59 Å². The number of benzene rings is 3. The highest BCUT2D eigenvalue weighted by molar-refractivity contribution is 6.31. The van der Waals surface area contributed by atoms with Crippen LogP contribution in [0.25, 0.3) is 0 Å². The molecule has 0 spiro atoms. The van der Waals surface area contributed by atoms with Crippen LogP contribution in [0.15, 0.2) is 72.8 Å². The van der Waals surface area contributed by atoms with E-state index in [1.54, 1.807) is 54.5 Å². The number of halogens is 1.